The van der Waals surface area contributed by atoms with Crippen LogP contribution in [0.1, 0.15) is 27.7 Å². The van der Waals surface area contributed by atoms with Crippen LogP contribution in [0.15, 0.2) is 11.0 Å². The molecule has 0 atom stereocenters. The summed E-state index contributed by atoms with van der Waals surface area (Å²) >= 11 is 3.95. The zero-order chi connectivity index (χ0) is 9.07. The van der Waals surface area contributed by atoms with E-state index in [-0.39, 0.29) is 5.97 Å². The molecule has 0 aliphatic carbocycles. The van der Waals surface area contributed by atoms with Crippen molar-refractivity contribution in [3.8, 4) is 0 Å². The van der Waals surface area contributed by atoms with E-state index in [0.717, 1.165) is 0 Å². The fourth-order valence-electron chi connectivity index (χ4n) is 0.502. The van der Waals surface area contributed by atoms with E-state index >= 15 is 0 Å². The van der Waals surface area contributed by atoms with E-state index in [1.807, 2.05) is 20.8 Å². The largest absolute Gasteiger partial charge is 0.457 e. The summed E-state index contributed by atoms with van der Waals surface area (Å²) in [6.07, 6.45) is 1.36. The Labute approximate surface area is 73.0 Å². The molecule has 0 spiro atoms. The number of rotatable bonds is 1. The van der Waals surface area contributed by atoms with Gasteiger partial charge in [0.2, 0.25) is 0 Å². The summed E-state index contributed by atoms with van der Waals surface area (Å²) < 4.78 is 4.98. The smallest absolute Gasteiger partial charge is 0.332 e. The first-order chi connectivity index (χ1) is 4.81. The summed E-state index contributed by atoms with van der Waals surface area (Å²) in [7, 11) is 0. The van der Waals surface area contributed by atoms with Crippen molar-refractivity contribution in [1.29, 1.82) is 0 Å². The van der Waals surface area contributed by atoms with Gasteiger partial charge in [-0.2, -0.15) is 0 Å². The van der Waals surface area contributed by atoms with Crippen LogP contribution in [0, 0.1) is 0 Å². The molecule has 0 radical (unpaired) electrons. The van der Waals surface area contributed by atoms with Crippen LogP contribution in [-0.2, 0) is 9.53 Å². The minimum Gasteiger partial charge on any atom is -0.457 e. The molecule has 64 valence electrons. The van der Waals surface area contributed by atoms with E-state index in [9.17, 15) is 4.79 Å². The molecular weight excluding hydrogens is 160 g/mol. The van der Waals surface area contributed by atoms with Gasteiger partial charge < -0.3 is 4.74 Å². The summed E-state index contributed by atoms with van der Waals surface area (Å²) in [5.41, 5.74) is -0.420. The third-order valence-corrected chi connectivity index (χ3v) is 0.863. The predicted octanol–water partition coefficient (Wildman–Crippen LogP) is 2.16. The highest BCUT2D eigenvalue weighted by molar-refractivity contribution is 7.84. The normalized spacial score (nSPS) is 13.0. The molecule has 0 rings (SSSR count). The van der Waals surface area contributed by atoms with Crippen LogP contribution in [0.2, 0.25) is 0 Å². The van der Waals surface area contributed by atoms with Gasteiger partial charge in [0, 0.05) is 6.08 Å². The maximum absolute atomic E-state index is 10.9. The molecule has 0 fully saturated rings. The van der Waals surface area contributed by atoms with Gasteiger partial charge in [0.05, 0.1) is 0 Å². The van der Waals surface area contributed by atoms with Crippen molar-refractivity contribution in [1.82, 2.24) is 0 Å². The summed E-state index contributed by atoms with van der Waals surface area (Å²) in [5, 5.41) is 0. The standard InChI is InChI=1S/C8H14O2S/c1-6(11)5-7(9)10-8(2,3)4/h5,11H,1-4H3/b6-5-. The van der Waals surface area contributed by atoms with Gasteiger partial charge in [-0.3, -0.25) is 0 Å². The van der Waals surface area contributed by atoms with Crippen molar-refractivity contribution in [2.24, 2.45) is 0 Å². The quantitative estimate of drug-likeness (QED) is 0.374. The Morgan fingerprint density at radius 3 is 2.18 bits per heavy atom. The third-order valence-electron chi connectivity index (χ3n) is 0.734. The number of allylic oxidation sites excluding steroid dienone is 1. The molecule has 0 aromatic heterocycles. The van der Waals surface area contributed by atoms with E-state index in [0.29, 0.717) is 4.91 Å². The highest BCUT2D eigenvalue weighted by Gasteiger charge is 2.13. The fourth-order valence-corrected chi connectivity index (χ4v) is 0.607. The Balaban J connectivity index is 4.00. The zero-order valence-corrected chi connectivity index (χ0v) is 8.24. The first kappa shape index (κ1) is 10.6. The van der Waals surface area contributed by atoms with Crippen molar-refractivity contribution >= 4 is 18.6 Å². The van der Waals surface area contributed by atoms with Crippen LogP contribution < -0.4 is 0 Å². The number of carbonyl (C=O) groups excluding carboxylic acids is 1. The van der Waals surface area contributed by atoms with Crippen LogP contribution >= 0.6 is 12.6 Å². The predicted molar refractivity (Wildman–Crippen MR) is 48.6 cm³/mol. The lowest BCUT2D eigenvalue weighted by Crippen LogP contribution is -2.22. The third kappa shape index (κ3) is 7.46. The maximum atomic E-state index is 10.9. The molecule has 0 saturated carbocycles. The zero-order valence-electron chi connectivity index (χ0n) is 7.34. The van der Waals surface area contributed by atoms with Crippen LogP contribution in [0.25, 0.3) is 0 Å². The van der Waals surface area contributed by atoms with Crippen LogP contribution in [-0.4, -0.2) is 11.6 Å². The van der Waals surface area contributed by atoms with E-state index in [2.05, 4.69) is 12.6 Å². The topological polar surface area (TPSA) is 26.3 Å². The number of carbonyl (C=O) groups is 1. The maximum Gasteiger partial charge on any atom is 0.332 e. The summed E-state index contributed by atoms with van der Waals surface area (Å²) in [6.45, 7) is 7.21. The van der Waals surface area contributed by atoms with E-state index in [1.54, 1.807) is 6.92 Å². The monoisotopic (exact) mass is 174 g/mol. The van der Waals surface area contributed by atoms with E-state index in [1.165, 1.54) is 6.08 Å². The van der Waals surface area contributed by atoms with Gasteiger partial charge in [-0.15, -0.1) is 12.6 Å². The SMILES string of the molecule is C/C(S)=C/C(=O)OC(C)(C)C. The number of thiol groups is 1. The van der Waals surface area contributed by atoms with Crippen LogP contribution in [0.5, 0.6) is 0 Å². The molecular formula is C8H14O2S. The lowest BCUT2D eigenvalue weighted by Gasteiger charge is -2.17. The average molecular weight is 174 g/mol. The second kappa shape index (κ2) is 3.81. The minimum atomic E-state index is -0.420. The molecule has 0 bridgehead atoms. The van der Waals surface area contributed by atoms with Crippen molar-refractivity contribution in [2.75, 3.05) is 0 Å². The second-order valence-electron chi connectivity index (χ2n) is 3.32. The van der Waals surface area contributed by atoms with E-state index < -0.39 is 5.60 Å². The second-order valence-corrected chi connectivity index (χ2v) is 4.02. The molecule has 0 saturated heterocycles. The number of ether oxygens (including phenoxy) is 1. The first-order valence-corrected chi connectivity index (χ1v) is 3.86. The lowest BCUT2D eigenvalue weighted by molar-refractivity contribution is -0.148. The molecule has 0 amide bonds. The Kier molecular flexibility index (Phi) is 3.66. The van der Waals surface area contributed by atoms with Gasteiger partial charge in [-0.1, -0.05) is 0 Å². The van der Waals surface area contributed by atoms with Gasteiger partial charge in [-0.25, -0.2) is 4.79 Å². The van der Waals surface area contributed by atoms with Gasteiger partial charge in [0.15, 0.2) is 0 Å². The van der Waals surface area contributed by atoms with Crippen molar-refractivity contribution < 1.29 is 9.53 Å². The van der Waals surface area contributed by atoms with Gasteiger partial charge in [0.25, 0.3) is 0 Å². The molecule has 2 nitrogen and oxygen atoms in total. The average Bonchev–Trinajstić information content (AvgIpc) is 1.53. The van der Waals surface area contributed by atoms with Gasteiger partial charge in [-0.05, 0) is 32.6 Å². The van der Waals surface area contributed by atoms with Crippen molar-refractivity contribution in [3.63, 3.8) is 0 Å². The molecule has 3 heteroatoms. The Morgan fingerprint density at radius 1 is 1.45 bits per heavy atom. The first-order valence-electron chi connectivity index (χ1n) is 3.41. The Bertz CT molecular complexity index is 173. The van der Waals surface area contributed by atoms with Crippen LogP contribution in [0.3, 0.4) is 0 Å². The highest BCUT2D eigenvalue weighted by atomic mass is 32.1. The van der Waals surface area contributed by atoms with E-state index in [4.69, 9.17) is 4.74 Å². The lowest BCUT2D eigenvalue weighted by atomic mass is 10.2. The molecule has 0 N–H and O–H groups in total. The summed E-state index contributed by atoms with van der Waals surface area (Å²) in [4.78, 5) is 11.6. The fraction of sp³-hybridized carbons (Fsp3) is 0.625. The molecule has 0 unspecified atom stereocenters. The number of hydrogen-bond acceptors (Lipinski definition) is 3. The molecule has 0 aromatic carbocycles. The summed E-state index contributed by atoms with van der Waals surface area (Å²) in [6, 6.07) is 0. The van der Waals surface area contributed by atoms with Crippen molar-refractivity contribution in [2.45, 2.75) is 33.3 Å². The molecule has 0 heterocycles. The van der Waals surface area contributed by atoms with Crippen LogP contribution in [0.4, 0.5) is 0 Å². The highest BCUT2D eigenvalue weighted by Crippen LogP contribution is 2.08. The van der Waals surface area contributed by atoms with Gasteiger partial charge >= 0.3 is 5.97 Å². The Hall–Kier alpha value is -0.440. The molecule has 11 heavy (non-hydrogen) atoms. The Morgan fingerprint density at radius 2 is 1.91 bits per heavy atom. The van der Waals surface area contributed by atoms with Crippen molar-refractivity contribution in [3.05, 3.63) is 11.0 Å². The molecule has 0 aliphatic heterocycles. The number of hydrogen-bond donors (Lipinski definition) is 1. The summed E-state index contributed by atoms with van der Waals surface area (Å²) in [5.74, 6) is -0.343. The molecule has 0 aromatic rings. The molecule has 0 aliphatic rings. The van der Waals surface area contributed by atoms with Gasteiger partial charge in [0.1, 0.15) is 5.60 Å². The minimum absolute atomic E-state index is 0.343. The number of esters is 1.